The first-order valence-corrected chi connectivity index (χ1v) is 6.92. The molecule has 1 fully saturated rings. The largest absolute Gasteiger partial charge is 0.482 e. The minimum Gasteiger partial charge on any atom is -0.482 e. The minimum absolute atomic E-state index is 0.192. The van der Waals surface area contributed by atoms with E-state index in [9.17, 15) is 14.4 Å². The van der Waals surface area contributed by atoms with Crippen molar-refractivity contribution in [1.29, 1.82) is 0 Å². The maximum Gasteiger partial charge on any atom is 0.258 e. The fourth-order valence-corrected chi connectivity index (χ4v) is 2.13. The average Bonchev–Trinajstić information content (AvgIpc) is 2.43. The molecule has 1 heterocycles. The lowest BCUT2D eigenvalue weighted by molar-refractivity contribution is -0.137. The van der Waals surface area contributed by atoms with E-state index in [0.717, 1.165) is 0 Å². The van der Waals surface area contributed by atoms with Crippen LogP contribution < -0.4 is 15.4 Å². The first kappa shape index (κ1) is 15.6. The van der Waals surface area contributed by atoms with Crippen molar-refractivity contribution in [2.24, 2.45) is 0 Å². The molecule has 112 valence electrons. The number of amides is 3. The zero-order valence-electron chi connectivity index (χ0n) is 10.8. The minimum atomic E-state index is -0.728. The van der Waals surface area contributed by atoms with Crippen molar-refractivity contribution in [3.05, 3.63) is 28.2 Å². The fraction of sp³-hybridized carbons (Fsp3) is 0.308. The van der Waals surface area contributed by atoms with Gasteiger partial charge in [0.2, 0.25) is 11.8 Å². The second-order valence-electron chi connectivity index (χ2n) is 4.43. The van der Waals surface area contributed by atoms with Crippen molar-refractivity contribution in [2.75, 3.05) is 6.61 Å². The van der Waals surface area contributed by atoms with Crippen molar-refractivity contribution in [2.45, 2.75) is 18.9 Å². The Morgan fingerprint density at radius 2 is 2.14 bits per heavy atom. The van der Waals surface area contributed by atoms with Crippen molar-refractivity contribution >= 4 is 40.9 Å². The molecule has 1 aliphatic rings. The van der Waals surface area contributed by atoms with Gasteiger partial charge in [0.15, 0.2) is 6.61 Å². The van der Waals surface area contributed by atoms with Gasteiger partial charge in [0.25, 0.3) is 5.91 Å². The number of hydrogen-bond acceptors (Lipinski definition) is 4. The van der Waals surface area contributed by atoms with Crippen LogP contribution in [0.5, 0.6) is 5.75 Å². The third-order valence-electron chi connectivity index (χ3n) is 2.83. The van der Waals surface area contributed by atoms with Crippen LogP contribution in [0, 0.1) is 0 Å². The first-order valence-electron chi connectivity index (χ1n) is 6.16. The number of imide groups is 1. The first-order chi connectivity index (χ1) is 9.95. The Balaban J connectivity index is 1.86. The molecule has 1 atom stereocenters. The number of carbonyl (C=O) groups excluding carboxylic acids is 3. The Hall–Kier alpha value is -1.79. The SMILES string of the molecule is O=C1CCC(NC(=O)COc2cc(Cl)ccc2Cl)C(=O)N1. The van der Waals surface area contributed by atoms with E-state index in [0.29, 0.717) is 10.0 Å². The van der Waals surface area contributed by atoms with Gasteiger partial charge in [-0.1, -0.05) is 23.2 Å². The summed E-state index contributed by atoms with van der Waals surface area (Å²) in [4.78, 5) is 34.2. The van der Waals surface area contributed by atoms with E-state index in [4.69, 9.17) is 27.9 Å². The van der Waals surface area contributed by atoms with Crippen LogP contribution in [-0.2, 0) is 14.4 Å². The van der Waals surface area contributed by atoms with Crippen LogP contribution in [0.15, 0.2) is 18.2 Å². The molecule has 21 heavy (non-hydrogen) atoms. The Morgan fingerprint density at radius 1 is 1.38 bits per heavy atom. The summed E-state index contributed by atoms with van der Waals surface area (Å²) >= 11 is 11.7. The van der Waals surface area contributed by atoms with Gasteiger partial charge >= 0.3 is 0 Å². The summed E-state index contributed by atoms with van der Waals surface area (Å²) in [7, 11) is 0. The average molecular weight is 331 g/mol. The van der Waals surface area contributed by atoms with E-state index in [2.05, 4.69) is 10.6 Å². The van der Waals surface area contributed by atoms with E-state index >= 15 is 0 Å². The van der Waals surface area contributed by atoms with Gasteiger partial charge < -0.3 is 10.1 Å². The molecule has 0 saturated carbocycles. The quantitative estimate of drug-likeness (QED) is 0.815. The number of carbonyl (C=O) groups is 3. The van der Waals surface area contributed by atoms with E-state index in [-0.39, 0.29) is 31.1 Å². The predicted molar refractivity (Wildman–Crippen MR) is 76.3 cm³/mol. The molecule has 0 aromatic heterocycles. The molecule has 0 bridgehead atoms. The highest BCUT2D eigenvalue weighted by Crippen LogP contribution is 2.27. The van der Waals surface area contributed by atoms with Gasteiger partial charge in [0.05, 0.1) is 5.02 Å². The normalized spacial score (nSPS) is 18.1. The molecule has 0 radical (unpaired) electrons. The van der Waals surface area contributed by atoms with E-state index in [1.165, 1.54) is 6.07 Å². The zero-order valence-corrected chi connectivity index (χ0v) is 12.3. The predicted octanol–water partition coefficient (Wildman–Crippen LogP) is 1.29. The lowest BCUT2D eigenvalue weighted by Gasteiger charge is -2.21. The van der Waals surface area contributed by atoms with Crippen LogP contribution in [-0.4, -0.2) is 30.4 Å². The summed E-state index contributed by atoms with van der Waals surface area (Å²) in [6, 6.07) is 3.91. The van der Waals surface area contributed by atoms with E-state index in [1.54, 1.807) is 12.1 Å². The van der Waals surface area contributed by atoms with Crippen LogP contribution in [0.4, 0.5) is 0 Å². The van der Waals surface area contributed by atoms with Crippen molar-refractivity contribution in [3.8, 4) is 5.75 Å². The molecule has 8 heteroatoms. The summed E-state index contributed by atoms with van der Waals surface area (Å²) in [5.74, 6) is -1.06. The molecule has 0 aliphatic carbocycles. The molecule has 1 aromatic rings. The maximum absolute atomic E-state index is 11.7. The standard InChI is InChI=1S/C13H12Cl2N2O4/c14-7-1-2-8(15)10(5-7)21-6-12(19)16-9-3-4-11(18)17-13(9)20/h1-2,5,9H,3-4,6H2,(H,16,19)(H,17,18,20). The summed E-state index contributed by atoms with van der Waals surface area (Å²) in [5, 5.41) is 5.40. The topological polar surface area (TPSA) is 84.5 Å². The van der Waals surface area contributed by atoms with Crippen LogP contribution in [0.25, 0.3) is 0 Å². The Kier molecular flexibility index (Phi) is 5.03. The van der Waals surface area contributed by atoms with Gasteiger partial charge in [0.1, 0.15) is 11.8 Å². The van der Waals surface area contributed by atoms with Gasteiger partial charge in [0, 0.05) is 17.5 Å². The molecule has 2 rings (SSSR count). The molecule has 1 saturated heterocycles. The highest BCUT2D eigenvalue weighted by molar-refractivity contribution is 6.34. The number of rotatable bonds is 4. The van der Waals surface area contributed by atoms with Crippen molar-refractivity contribution < 1.29 is 19.1 Å². The Morgan fingerprint density at radius 3 is 2.86 bits per heavy atom. The Labute approximate surface area is 130 Å². The van der Waals surface area contributed by atoms with Crippen LogP contribution in [0.3, 0.4) is 0 Å². The highest BCUT2D eigenvalue weighted by atomic mass is 35.5. The molecule has 3 amide bonds. The molecule has 0 spiro atoms. The molecule has 1 aliphatic heterocycles. The van der Waals surface area contributed by atoms with Gasteiger partial charge in [-0.2, -0.15) is 0 Å². The lowest BCUT2D eigenvalue weighted by Crippen LogP contribution is -2.53. The van der Waals surface area contributed by atoms with E-state index in [1.807, 2.05) is 0 Å². The number of nitrogens with one attached hydrogen (secondary N) is 2. The number of hydrogen-bond donors (Lipinski definition) is 2. The maximum atomic E-state index is 11.7. The summed E-state index contributed by atoms with van der Waals surface area (Å²) in [5.41, 5.74) is 0. The van der Waals surface area contributed by atoms with Gasteiger partial charge in [-0.15, -0.1) is 0 Å². The number of benzene rings is 1. The number of piperidine rings is 1. The van der Waals surface area contributed by atoms with E-state index < -0.39 is 17.9 Å². The molecular formula is C13H12Cl2N2O4. The third kappa shape index (κ3) is 4.34. The monoisotopic (exact) mass is 330 g/mol. The van der Waals surface area contributed by atoms with Crippen molar-refractivity contribution in [1.82, 2.24) is 10.6 Å². The molecule has 1 unspecified atom stereocenters. The summed E-state index contributed by atoms with van der Waals surface area (Å²) in [6.45, 7) is -0.308. The van der Waals surface area contributed by atoms with Crippen LogP contribution in [0.1, 0.15) is 12.8 Å². The number of halogens is 2. The second kappa shape index (κ2) is 6.78. The molecule has 2 N–H and O–H groups in total. The zero-order chi connectivity index (χ0) is 15.4. The smallest absolute Gasteiger partial charge is 0.258 e. The molecule has 1 aromatic carbocycles. The van der Waals surface area contributed by atoms with Crippen molar-refractivity contribution in [3.63, 3.8) is 0 Å². The molecule has 6 nitrogen and oxygen atoms in total. The second-order valence-corrected chi connectivity index (χ2v) is 5.28. The third-order valence-corrected chi connectivity index (χ3v) is 3.37. The molecular weight excluding hydrogens is 319 g/mol. The van der Waals surface area contributed by atoms with Crippen LogP contribution in [0.2, 0.25) is 10.0 Å². The van der Waals surface area contributed by atoms with Gasteiger partial charge in [-0.25, -0.2) is 0 Å². The lowest BCUT2D eigenvalue weighted by atomic mass is 10.1. The van der Waals surface area contributed by atoms with Gasteiger partial charge in [-0.05, 0) is 18.6 Å². The number of ether oxygens (including phenoxy) is 1. The summed E-state index contributed by atoms with van der Waals surface area (Å²) < 4.78 is 5.25. The van der Waals surface area contributed by atoms with Gasteiger partial charge in [-0.3, -0.25) is 19.7 Å². The summed E-state index contributed by atoms with van der Waals surface area (Å²) in [6.07, 6.45) is 0.464. The van der Waals surface area contributed by atoms with Crippen LogP contribution >= 0.6 is 23.2 Å². The Bertz CT molecular complexity index is 592. The highest BCUT2D eigenvalue weighted by Gasteiger charge is 2.27. The fourth-order valence-electron chi connectivity index (χ4n) is 1.80.